The van der Waals surface area contributed by atoms with Crippen LogP contribution in [0.25, 0.3) is 10.8 Å². The molecule has 6 unspecified atom stereocenters. The van der Waals surface area contributed by atoms with Gasteiger partial charge in [-0.25, -0.2) is 18.2 Å². The maximum absolute atomic E-state index is 15.0. The maximum Gasteiger partial charge on any atom is 0.319 e. The summed E-state index contributed by atoms with van der Waals surface area (Å²) in [6.07, 6.45) is 10.3. The van der Waals surface area contributed by atoms with E-state index in [-0.39, 0.29) is 31.2 Å². The third-order valence-electron chi connectivity index (χ3n) is 11.9. The van der Waals surface area contributed by atoms with Crippen molar-refractivity contribution in [3.63, 3.8) is 0 Å². The minimum atomic E-state index is -3.90. The van der Waals surface area contributed by atoms with Crippen LogP contribution in [0.1, 0.15) is 86.0 Å². The van der Waals surface area contributed by atoms with E-state index in [4.69, 9.17) is 9.47 Å². The molecular weight excluding hydrogens is 763 g/mol. The molecule has 6 atom stereocenters. The van der Waals surface area contributed by atoms with E-state index in [2.05, 4.69) is 37.5 Å². The van der Waals surface area contributed by atoms with Crippen molar-refractivity contribution < 1.29 is 37.1 Å². The Kier molecular flexibility index (Phi) is 11.4. The Morgan fingerprint density at radius 1 is 1.12 bits per heavy atom. The predicted molar refractivity (Wildman–Crippen MR) is 220 cm³/mol. The van der Waals surface area contributed by atoms with Crippen LogP contribution in [0.4, 0.5) is 10.5 Å². The highest BCUT2D eigenvalue weighted by atomic mass is 32.2. The molecule has 3 fully saturated rings. The van der Waals surface area contributed by atoms with E-state index in [9.17, 15) is 22.8 Å². The Labute approximate surface area is 340 Å². The fourth-order valence-corrected chi connectivity index (χ4v) is 9.78. The lowest BCUT2D eigenvalue weighted by Gasteiger charge is -2.30. The summed E-state index contributed by atoms with van der Waals surface area (Å²) in [4.78, 5) is 64.7. The average Bonchev–Trinajstić information content (AvgIpc) is 4.09. The Bertz CT molecular complexity index is 2130. The lowest BCUT2D eigenvalue weighted by molar-refractivity contribution is -0.138. The van der Waals surface area contributed by atoms with E-state index in [1.807, 2.05) is 65.1 Å². The molecule has 0 spiro atoms. The van der Waals surface area contributed by atoms with Gasteiger partial charge in [-0.1, -0.05) is 26.0 Å². The Morgan fingerprint density at radius 3 is 2.62 bits per heavy atom. The zero-order chi connectivity index (χ0) is 41.6. The van der Waals surface area contributed by atoms with Crippen LogP contribution in [0.2, 0.25) is 0 Å². The number of fused-ring (bicyclic) bond motifs is 5. The summed E-state index contributed by atoms with van der Waals surface area (Å²) >= 11 is 0. The number of likely N-dealkylation sites (N-methyl/N-ethyl adjacent to an activating group) is 1. The van der Waals surface area contributed by atoms with Crippen molar-refractivity contribution in [3.8, 4) is 11.6 Å². The summed E-state index contributed by atoms with van der Waals surface area (Å²) in [6, 6.07) is 4.19. The number of pyridine rings is 1. The van der Waals surface area contributed by atoms with Crippen LogP contribution in [0, 0.1) is 17.8 Å². The van der Waals surface area contributed by atoms with Gasteiger partial charge in [0.25, 0.3) is 11.8 Å². The smallest absolute Gasteiger partial charge is 0.319 e. The number of amides is 5. The molecule has 3 aliphatic heterocycles. The highest BCUT2D eigenvalue weighted by Crippen LogP contribution is 2.47. The molecule has 4 heterocycles. The number of benzene rings is 1. The number of allylic oxidation sites excluding steroid dienone is 1. The van der Waals surface area contributed by atoms with Gasteiger partial charge in [-0.2, -0.15) is 0 Å². The van der Waals surface area contributed by atoms with Gasteiger partial charge < -0.3 is 35.2 Å². The third-order valence-corrected chi connectivity index (χ3v) is 13.7. The molecule has 2 aromatic rings. The summed E-state index contributed by atoms with van der Waals surface area (Å²) in [6.45, 7) is 11.0. The van der Waals surface area contributed by atoms with Crippen molar-refractivity contribution >= 4 is 50.2 Å². The number of nitrogens with zero attached hydrogens (tertiary/aromatic N) is 3. The Morgan fingerprint density at radius 2 is 1.90 bits per heavy atom. The molecule has 5 aliphatic rings. The summed E-state index contributed by atoms with van der Waals surface area (Å²) in [7, 11) is -1.89. The van der Waals surface area contributed by atoms with Crippen LogP contribution in [-0.4, -0.2) is 97.3 Å². The second-order valence-corrected chi connectivity index (χ2v) is 19.7. The van der Waals surface area contributed by atoms with Gasteiger partial charge in [-0.3, -0.25) is 19.1 Å². The molecule has 2 saturated carbocycles. The Balaban J connectivity index is 1.24. The van der Waals surface area contributed by atoms with Crippen molar-refractivity contribution in [3.05, 3.63) is 48.3 Å². The molecule has 0 radical (unpaired) electrons. The zero-order valence-corrected chi connectivity index (χ0v) is 35.1. The predicted octanol–water partition coefficient (Wildman–Crippen LogP) is 4.28. The number of carbonyl (C=O) groups excluding carboxylic acids is 4. The quantitative estimate of drug-likeness (QED) is 0.232. The number of rotatable bonds is 7. The standard InChI is InChI=1S/C42H57N7O8S/c1-7-26-20-25(2)10-8-9-11-27-22-42(27,39(52)47-58(54,55)29-12-13-29)45-36(50)34-21-28(24-49(34)38(51)32(26)23-44-40(53)46-41(3,4)5)57-37-31-14-15-33-35(30(31)16-17-43-37)56-19-18-48(33)6/h9,11,14-17,23,25-29,34H,7-8,10,12-13,18-22,24H2,1-6H3,(H,45,50)(H,47,52)(H2,44,46,53)/b11-9?,32-23+. The first-order valence-electron chi connectivity index (χ1n) is 20.6. The normalized spacial score (nSPS) is 28.6. The topological polar surface area (TPSA) is 188 Å². The molecule has 7 rings (SSSR count). The molecule has 314 valence electrons. The van der Waals surface area contributed by atoms with Crippen LogP contribution >= 0.6 is 0 Å². The number of nitrogens with one attached hydrogen (secondary N) is 4. The lowest BCUT2D eigenvalue weighted by Crippen LogP contribution is -2.56. The van der Waals surface area contributed by atoms with Gasteiger partial charge in [-0.15, -0.1) is 0 Å². The van der Waals surface area contributed by atoms with Gasteiger partial charge in [0.1, 0.15) is 24.3 Å². The van der Waals surface area contributed by atoms with E-state index in [0.29, 0.717) is 55.6 Å². The van der Waals surface area contributed by atoms with Crippen molar-refractivity contribution in [2.24, 2.45) is 17.8 Å². The molecule has 1 aromatic heterocycles. The molecule has 16 heteroatoms. The molecule has 58 heavy (non-hydrogen) atoms. The van der Waals surface area contributed by atoms with Crippen molar-refractivity contribution in [1.29, 1.82) is 0 Å². The minimum Gasteiger partial charge on any atom is -0.489 e. The molecule has 2 aliphatic carbocycles. The third kappa shape index (κ3) is 8.76. The fraction of sp³-hybridized carbons (Fsp3) is 0.595. The van der Waals surface area contributed by atoms with E-state index in [1.165, 1.54) is 11.1 Å². The zero-order valence-electron chi connectivity index (χ0n) is 34.3. The number of anilines is 1. The van der Waals surface area contributed by atoms with Crippen molar-refractivity contribution in [1.82, 2.24) is 30.6 Å². The SMILES string of the molecule is CCC1CC(C)CCC=CC2CC2(C(=O)NS(=O)(=O)C2CC2)NC(=O)C2CC(Oc3nccc4c5c(ccc34)N(C)CCO5)CN2C(=O)/C1=C/NC(=O)NC(C)(C)C. The van der Waals surface area contributed by atoms with Gasteiger partial charge in [-0.05, 0) is 95.8 Å². The number of carbonyl (C=O) groups is 4. The molecule has 15 nitrogen and oxygen atoms in total. The lowest BCUT2D eigenvalue weighted by atomic mass is 9.85. The van der Waals surface area contributed by atoms with Crippen LogP contribution < -0.4 is 35.0 Å². The fourth-order valence-electron chi connectivity index (χ4n) is 8.42. The van der Waals surface area contributed by atoms with Gasteiger partial charge in [0.2, 0.25) is 21.8 Å². The van der Waals surface area contributed by atoms with Gasteiger partial charge >= 0.3 is 6.03 Å². The first-order chi connectivity index (χ1) is 27.5. The number of ether oxygens (including phenoxy) is 2. The molecular formula is C42H57N7O8S. The summed E-state index contributed by atoms with van der Waals surface area (Å²) < 4.78 is 40.8. The van der Waals surface area contributed by atoms with E-state index in [1.54, 1.807) is 6.20 Å². The second-order valence-electron chi connectivity index (χ2n) is 17.7. The summed E-state index contributed by atoms with van der Waals surface area (Å²) in [5.74, 6) is -1.26. The van der Waals surface area contributed by atoms with E-state index >= 15 is 4.79 Å². The minimum absolute atomic E-state index is 0.00919. The van der Waals surface area contributed by atoms with Crippen LogP contribution in [0.15, 0.2) is 48.3 Å². The second kappa shape index (κ2) is 16.1. The van der Waals surface area contributed by atoms with Gasteiger partial charge in [0.15, 0.2) is 5.75 Å². The molecule has 4 N–H and O–H groups in total. The number of hydrogen-bond donors (Lipinski definition) is 4. The number of sulfonamides is 1. The van der Waals surface area contributed by atoms with Crippen LogP contribution in [-0.2, 0) is 24.4 Å². The summed E-state index contributed by atoms with van der Waals surface area (Å²) in [5, 5.41) is 9.50. The number of aromatic nitrogens is 1. The molecule has 0 bridgehead atoms. The molecule has 1 saturated heterocycles. The van der Waals surface area contributed by atoms with Crippen molar-refractivity contribution in [2.45, 2.75) is 114 Å². The highest BCUT2D eigenvalue weighted by Gasteiger charge is 2.62. The molecule has 5 amide bonds. The van der Waals surface area contributed by atoms with Gasteiger partial charge in [0.05, 0.1) is 24.0 Å². The molecule has 1 aromatic carbocycles. The first kappa shape index (κ1) is 41.3. The van der Waals surface area contributed by atoms with E-state index < -0.39 is 68.2 Å². The maximum atomic E-state index is 15.0. The van der Waals surface area contributed by atoms with E-state index in [0.717, 1.165) is 29.8 Å². The average molecular weight is 820 g/mol. The highest BCUT2D eigenvalue weighted by molar-refractivity contribution is 7.91. The van der Waals surface area contributed by atoms with Crippen LogP contribution in [0.5, 0.6) is 11.6 Å². The van der Waals surface area contributed by atoms with Gasteiger partial charge in [0, 0.05) is 53.7 Å². The largest absolute Gasteiger partial charge is 0.489 e. The van der Waals surface area contributed by atoms with Crippen molar-refractivity contribution in [2.75, 3.05) is 31.6 Å². The number of hydrogen-bond acceptors (Lipinski definition) is 10. The Hall–Kier alpha value is -4.86. The monoisotopic (exact) mass is 819 g/mol. The first-order valence-corrected chi connectivity index (χ1v) is 22.1. The summed E-state index contributed by atoms with van der Waals surface area (Å²) in [5.41, 5.74) is -0.729. The van der Waals surface area contributed by atoms with Crippen LogP contribution in [0.3, 0.4) is 0 Å². The number of urea groups is 1.